The van der Waals surface area contributed by atoms with Crippen LogP contribution < -0.4 is 4.74 Å². The molecule has 20 heavy (non-hydrogen) atoms. The molecule has 0 N–H and O–H groups in total. The van der Waals surface area contributed by atoms with Crippen molar-refractivity contribution in [1.29, 1.82) is 0 Å². The molecule has 2 saturated heterocycles. The summed E-state index contributed by atoms with van der Waals surface area (Å²) in [6.45, 7) is 0. The van der Waals surface area contributed by atoms with Gasteiger partial charge < -0.3 is 4.74 Å². The van der Waals surface area contributed by atoms with Gasteiger partial charge in [0.05, 0.1) is 12.7 Å². The Morgan fingerprint density at radius 2 is 1.95 bits per heavy atom. The molecule has 5 heteroatoms. The summed E-state index contributed by atoms with van der Waals surface area (Å²) in [6, 6.07) is 4.01. The Morgan fingerprint density at radius 1 is 1.30 bits per heavy atom. The Morgan fingerprint density at radius 3 is 2.55 bits per heavy atom. The lowest BCUT2D eigenvalue weighted by atomic mass is 9.90. The van der Waals surface area contributed by atoms with Gasteiger partial charge in [-0.25, -0.2) is 4.39 Å². The van der Waals surface area contributed by atoms with E-state index in [9.17, 15) is 13.4 Å². The number of hydrogen-bond acceptors (Lipinski definition) is 3. The SMILES string of the molecule is COc1cc(F)ccc1C(=O)C1CC2CCC(C1)S2=O. The normalized spacial score (nSPS) is 32.1. The lowest BCUT2D eigenvalue weighted by molar-refractivity contribution is 0.0903. The topological polar surface area (TPSA) is 43.4 Å². The summed E-state index contributed by atoms with van der Waals surface area (Å²) in [5.74, 6) is -0.239. The van der Waals surface area contributed by atoms with E-state index in [4.69, 9.17) is 4.74 Å². The molecule has 1 aromatic carbocycles. The quantitative estimate of drug-likeness (QED) is 0.806. The van der Waals surface area contributed by atoms with Gasteiger partial charge in [0.15, 0.2) is 5.78 Å². The molecule has 1 aromatic rings. The molecular weight excluding hydrogens is 279 g/mol. The van der Waals surface area contributed by atoms with Crippen LogP contribution in [-0.4, -0.2) is 27.6 Å². The van der Waals surface area contributed by atoms with Crippen LogP contribution >= 0.6 is 0 Å². The van der Waals surface area contributed by atoms with E-state index < -0.39 is 16.6 Å². The highest BCUT2D eigenvalue weighted by Crippen LogP contribution is 2.40. The van der Waals surface area contributed by atoms with Crippen molar-refractivity contribution in [3.8, 4) is 5.75 Å². The number of halogens is 1. The largest absolute Gasteiger partial charge is 0.496 e. The minimum Gasteiger partial charge on any atom is -0.496 e. The Hall–Kier alpha value is -1.23. The molecule has 108 valence electrons. The Bertz CT molecular complexity index is 556. The average Bonchev–Trinajstić information content (AvgIpc) is 2.68. The smallest absolute Gasteiger partial charge is 0.169 e. The fraction of sp³-hybridized carbons (Fsp3) is 0.533. The van der Waals surface area contributed by atoms with E-state index in [0.717, 1.165) is 12.8 Å². The number of Topliss-reactive ketones (excluding diaryl/α,β-unsaturated/α-hetero) is 1. The fourth-order valence-corrected chi connectivity index (χ4v) is 5.46. The first-order chi connectivity index (χ1) is 9.60. The summed E-state index contributed by atoms with van der Waals surface area (Å²) in [6.07, 6.45) is 3.29. The number of benzene rings is 1. The summed E-state index contributed by atoms with van der Waals surface area (Å²) in [4.78, 5) is 12.6. The number of ketones is 1. The summed E-state index contributed by atoms with van der Waals surface area (Å²) in [5.41, 5.74) is 0.436. The van der Waals surface area contributed by atoms with Gasteiger partial charge in [0, 0.05) is 33.3 Å². The predicted molar refractivity (Wildman–Crippen MR) is 75.0 cm³/mol. The summed E-state index contributed by atoms with van der Waals surface area (Å²) in [7, 11) is 0.669. The number of fused-ring (bicyclic) bond motifs is 2. The van der Waals surface area contributed by atoms with Gasteiger partial charge in [0.1, 0.15) is 11.6 Å². The van der Waals surface area contributed by atoms with Crippen molar-refractivity contribution < 1.29 is 18.1 Å². The van der Waals surface area contributed by atoms with Gasteiger partial charge in [-0.3, -0.25) is 9.00 Å². The first-order valence-corrected chi connectivity index (χ1v) is 8.15. The van der Waals surface area contributed by atoms with E-state index in [2.05, 4.69) is 0 Å². The summed E-state index contributed by atoms with van der Waals surface area (Å²) < 4.78 is 30.3. The van der Waals surface area contributed by atoms with E-state index in [1.807, 2.05) is 0 Å². The van der Waals surface area contributed by atoms with Gasteiger partial charge in [0.2, 0.25) is 0 Å². The van der Waals surface area contributed by atoms with Crippen LogP contribution in [0, 0.1) is 11.7 Å². The third-order valence-electron chi connectivity index (χ3n) is 4.36. The highest BCUT2D eigenvalue weighted by Gasteiger charge is 2.43. The molecule has 2 fully saturated rings. The lowest BCUT2D eigenvalue weighted by Crippen LogP contribution is -2.32. The second-order valence-electron chi connectivity index (χ2n) is 5.53. The number of carbonyl (C=O) groups is 1. The first kappa shape index (κ1) is 13.7. The van der Waals surface area contributed by atoms with E-state index >= 15 is 0 Å². The van der Waals surface area contributed by atoms with Crippen molar-refractivity contribution in [3.63, 3.8) is 0 Å². The van der Waals surface area contributed by atoms with Crippen LogP contribution in [0.25, 0.3) is 0 Å². The molecule has 2 aliphatic rings. The lowest BCUT2D eigenvalue weighted by Gasteiger charge is -2.26. The van der Waals surface area contributed by atoms with Crippen LogP contribution in [-0.2, 0) is 10.8 Å². The Balaban J connectivity index is 1.85. The van der Waals surface area contributed by atoms with Gasteiger partial charge in [-0.15, -0.1) is 0 Å². The monoisotopic (exact) mass is 296 g/mol. The molecule has 3 rings (SSSR count). The molecule has 3 nitrogen and oxygen atoms in total. The predicted octanol–water partition coefficient (Wildman–Crippen LogP) is 2.71. The van der Waals surface area contributed by atoms with Crippen LogP contribution in [0.4, 0.5) is 4.39 Å². The number of carbonyl (C=O) groups excluding carboxylic acids is 1. The van der Waals surface area contributed by atoms with Crippen LogP contribution in [0.3, 0.4) is 0 Å². The maximum Gasteiger partial charge on any atom is 0.169 e. The van der Waals surface area contributed by atoms with Gasteiger partial charge in [-0.05, 0) is 37.8 Å². The molecule has 2 unspecified atom stereocenters. The average molecular weight is 296 g/mol. The molecule has 2 bridgehead atoms. The minimum absolute atomic E-state index is 0.00421. The van der Waals surface area contributed by atoms with Crippen molar-refractivity contribution in [2.45, 2.75) is 36.2 Å². The Kier molecular flexibility index (Phi) is 3.63. The molecular formula is C15H17FO3S. The van der Waals surface area contributed by atoms with Gasteiger partial charge in [-0.1, -0.05) is 0 Å². The number of methoxy groups -OCH3 is 1. The van der Waals surface area contributed by atoms with Crippen LogP contribution in [0.2, 0.25) is 0 Å². The zero-order valence-electron chi connectivity index (χ0n) is 11.3. The highest BCUT2D eigenvalue weighted by atomic mass is 32.2. The van der Waals surface area contributed by atoms with Crippen LogP contribution in [0.15, 0.2) is 18.2 Å². The highest BCUT2D eigenvalue weighted by molar-refractivity contribution is 7.86. The zero-order valence-corrected chi connectivity index (χ0v) is 12.1. The molecule has 0 radical (unpaired) electrons. The maximum atomic E-state index is 13.2. The van der Waals surface area contributed by atoms with Crippen molar-refractivity contribution in [2.75, 3.05) is 7.11 Å². The van der Waals surface area contributed by atoms with E-state index in [-0.39, 0.29) is 28.0 Å². The fourth-order valence-electron chi connectivity index (χ4n) is 3.34. The van der Waals surface area contributed by atoms with Crippen molar-refractivity contribution in [2.24, 2.45) is 5.92 Å². The number of ether oxygens (including phenoxy) is 1. The first-order valence-electron chi connectivity index (χ1n) is 6.87. The zero-order chi connectivity index (χ0) is 14.3. The third-order valence-corrected chi connectivity index (χ3v) is 6.53. The van der Waals surface area contributed by atoms with E-state index in [1.165, 1.54) is 25.3 Å². The summed E-state index contributed by atoms with van der Waals surface area (Å²) >= 11 is 0. The van der Waals surface area contributed by atoms with Gasteiger partial charge >= 0.3 is 0 Å². The van der Waals surface area contributed by atoms with Crippen molar-refractivity contribution in [3.05, 3.63) is 29.6 Å². The maximum absolute atomic E-state index is 13.2. The molecule has 0 aliphatic carbocycles. The van der Waals surface area contributed by atoms with Crippen molar-refractivity contribution >= 4 is 16.6 Å². The molecule has 2 aliphatic heterocycles. The number of rotatable bonds is 3. The molecule has 0 saturated carbocycles. The van der Waals surface area contributed by atoms with Crippen LogP contribution in [0.1, 0.15) is 36.0 Å². The second-order valence-corrected chi connectivity index (χ2v) is 7.52. The van der Waals surface area contributed by atoms with Crippen LogP contribution in [0.5, 0.6) is 5.75 Å². The molecule has 2 heterocycles. The second kappa shape index (κ2) is 5.28. The molecule has 2 atom stereocenters. The molecule has 0 aromatic heterocycles. The van der Waals surface area contributed by atoms with Gasteiger partial charge in [0.25, 0.3) is 0 Å². The van der Waals surface area contributed by atoms with E-state index in [0.29, 0.717) is 18.4 Å². The Labute approximate surface area is 120 Å². The number of hydrogen-bond donors (Lipinski definition) is 0. The standard InChI is InChI=1S/C15H17FO3S/c1-19-14-8-10(16)2-5-13(14)15(17)9-6-11-3-4-12(7-9)20(11)18/h2,5,8-9,11-12H,3-4,6-7H2,1H3. The molecule has 0 spiro atoms. The minimum atomic E-state index is -0.767. The molecule has 0 amide bonds. The van der Waals surface area contributed by atoms with E-state index in [1.54, 1.807) is 0 Å². The van der Waals surface area contributed by atoms with Crippen molar-refractivity contribution in [1.82, 2.24) is 0 Å². The van der Waals surface area contributed by atoms with Gasteiger partial charge in [-0.2, -0.15) is 0 Å². The summed E-state index contributed by atoms with van der Waals surface area (Å²) in [5, 5.41) is 0.322. The third kappa shape index (κ3) is 2.28.